The number of benzene rings is 2. The Kier molecular flexibility index (Phi) is 6.12. The van der Waals surface area contributed by atoms with Gasteiger partial charge in [0.2, 0.25) is 5.75 Å². The Morgan fingerprint density at radius 1 is 1.06 bits per heavy atom. The van der Waals surface area contributed by atoms with Crippen molar-refractivity contribution in [3.05, 3.63) is 66.5 Å². The molecule has 0 bridgehead atoms. The van der Waals surface area contributed by atoms with Gasteiger partial charge in [0.1, 0.15) is 5.82 Å². The molecule has 2 N–H and O–H groups in total. The van der Waals surface area contributed by atoms with E-state index in [2.05, 4.69) is 10.4 Å². The number of aromatic nitrogens is 3. The van der Waals surface area contributed by atoms with Crippen molar-refractivity contribution in [2.24, 2.45) is 0 Å². The number of hydrogen-bond acceptors (Lipinski definition) is 7. The normalized spacial score (nSPS) is 11.0. The number of aliphatic carboxylic acids is 1. The monoisotopic (exact) mass is 446 g/mol. The molecule has 0 unspecified atom stereocenters. The molecule has 0 fully saturated rings. The lowest BCUT2D eigenvalue weighted by atomic mass is 10.1. The van der Waals surface area contributed by atoms with E-state index in [1.54, 1.807) is 62.5 Å². The van der Waals surface area contributed by atoms with E-state index in [9.17, 15) is 4.79 Å². The van der Waals surface area contributed by atoms with Gasteiger partial charge in [-0.15, -0.1) is 0 Å². The minimum Gasteiger partial charge on any atom is -0.493 e. The average molecular weight is 446 g/mol. The van der Waals surface area contributed by atoms with Crippen molar-refractivity contribution in [2.75, 3.05) is 26.6 Å². The molecule has 0 aliphatic heterocycles. The fourth-order valence-corrected chi connectivity index (χ4v) is 3.42. The van der Waals surface area contributed by atoms with Gasteiger partial charge in [-0.25, -0.2) is 14.3 Å². The highest BCUT2D eigenvalue weighted by Crippen LogP contribution is 2.40. The van der Waals surface area contributed by atoms with Crippen molar-refractivity contribution in [1.82, 2.24) is 14.6 Å². The zero-order valence-corrected chi connectivity index (χ0v) is 18.3. The van der Waals surface area contributed by atoms with Crippen LogP contribution in [0.25, 0.3) is 22.9 Å². The minimum absolute atomic E-state index is 0.504. The summed E-state index contributed by atoms with van der Waals surface area (Å²) >= 11 is 0. The zero-order valence-electron chi connectivity index (χ0n) is 18.3. The molecule has 2 heterocycles. The van der Waals surface area contributed by atoms with Crippen LogP contribution < -0.4 is 19.5 Å². The Morgan fingerprint density at radius 2 is 1.82 bits per heavy atom. The summed E-state index contributed by atoms with van der Waals surface area (Å²) in [5.41, 5.74) is 3.81. The highest BCUT2D eigenvalue weighted by atomic mass is 16.5. The number of nitrogens with zero attached hydrogens (tertiary/aromatic N) is 3. The quantitative estimate of drug-likeness (QED) is 0.387. The van der Waals surface area contributed by atoms with Gasteiger partial charge in [0.05, 0.1) is 27.5 Å². The maximum Gasteiger partial charge on any atom is 0.328 e. The summed E-state index contributed by atoms with van der Waals surface area (Å²) in [7, 11) is 4.67. The van der Waals surface area contributed by atoms with E-state index in [-0.39, 0.29) is 0 Å². The number of ether oxygens (including phenoxy) is 3. The molecule has 9 nitrogen and oxygen atoms in total. The predicted octanol–water partition coefficient (Wildman–Crippen LogP) is 4.26. The molecule has 2 aromatic heterocycles. The molecule has 4 aromatic rings. The van der Waals surface area contributed by atoms with Crippen LogP contribution in [0.3, 0.4) is 0 Å². The molecule has 168 valence electrons. The van der Waals surface area contributed by atoms with Gasteiger partial charge in [-0.05, 0) is 29.3 Å². The molecule has 33 heavy (non-hydrogen) atoms. The Bertz CT molecular complexity index is 1320. The molecule has 0 radical (unpaired) electrons. The number of methoxy groups -OCH3 is 3. The lowest BCUT2D eigenvalue weighted by Crippen LogP contribution is -2.00. The van der Waals surface area contributed by atoms with Gasteiger partial charge >= 0.3 is 5.97 Å². The van der Waals surface area contributed by atoms with Crippen molar-refractivity contribution in [1.29, 1.82) is 0 Å². The first-order valence-corrected chi connectivity index (χ1v) is 9.95. The molecule has 0 saturated heterocycles. The second kappa shape index (κ2) is 9.31. The molecule has 0 amide bonds. The Morgan fingerprint density at radius 3 is 2.48 bits per heavy atom. The number of anilines is 2. The number of rotatable bonds is 8. The largest absolute Gasteiger partial charge is 0.493 e. The molecule has 0 spiro atoms. The van der Waals surface area contributed by atoms with Crippen molar-refractivity contribution < 1.29 is 24.1 Å². The second-order valence-corrected chi connectivity index (χ2v) is 6.98. The van der Waals surface area contributed by atoms with E-state index in [0.29, 0.717) is 34.4 Å². The lowest BCUT2D eigenvalue weighted by Gasteiger charge is -2.15. The third kappa shape index (κ3) is 4.57. The van der Waals surface area contributed by atoms with Crippen LogP contribution in [0, 0.1) is 0 Å². The van der Waals surface area contributed by atoms with Gasteiger partial charge in [0.25, 0.3) is 0 Å². The molecular formula is C24H22N4O5. The average Bonchev–Trinajstić information content (AvgIpc) is 3.25. The second-order valence-electron chi connectivity index (χ2n) is 6.98. The third-order valence-corrected chi connectivity index (χ3v) is 4.92. The SMILES string of the molecule is COc1cc(Nc2ccn3ncc(-c4cccc(C=CC(=O)O)c4)c3n2)cc(OC)c1OC. The summed E-state index contributed by atoms with van der Waals surface area (Å²) < 4.78 is 17.9. The fourth-order valence-electron chi connectivity index (χ4n) is 3.42. The van der Waals surface area contributed by atoms with Crippen molar-refractivity contribution in [2.45, 2.75) is 0 Å². The molecule has 9 heteroatoms. The number of carbonyl (C=O) groups is 1. The van der Waals surface area contributed by atoms with Gasteiger partial charge in [0, 0.05) is 35.7 Å². The van der Waals surface area contributed by atoms with Crippen LogP contribution in [0.5, 0.6) is 17.2 Å². The predicted molar refractivity (Wildman–Crippen MR) is 124 cm³/mol. The van der Waals surface area contributed by atoms with E-state index < -0.39 is 5.97 Å². The zero-order chi connectivity index (χ0) is 23.4. The lowest BCUT2D eigenvalue weighted by molar-refractivity contribution is -0.131. The summed E-state index contributed by atoms with van der Waals surface area (Å²) in [6.45, 7) is 0. The van der Waals surface area contributed by atoms with Crippen LogP contribution in [0.15, 0.2) is 60.9 Å². The molecule has 0 saturated carbocycles. The number of carboxylic acids is 1. The van der Waals surface area contributed by atoms with Gasteiger partial charge in [-0.3, -0.25) is 0 Å². The Balaban J connectivity index is 1.70. The van der Waals surface area contributed by atoms with Crippen molar-refractivity contribution in [3.63, 3.8) is 0 Å². The molecule has 0 aliphatic rings. The Labute approximate surface area is 189 Å². The summed E-state index contributed by atoms with van der Waals surface area (Å²) in [6, 6.07) is 12.9. The first kappa shape index (κ1) is 21.7. The number of nitrogens with one attached hydrogen (secondary N) is 1. The molecular weight excluding hydrogens is 424 g/mol. The van der Waals surface area contributed by atoms with E-state index in [1.165, 1.54) is 0 Å². The van der Waals surface area contributed by atoms with Crippen molar-refractivity contribution in [3.8, 4) is 28.4 Å². The van der Waals surface area contributed by atoms with Gasteiger partial charge in [-0.2, -0.15) is 5.10 Å². The smallest absolute Gasteiger partial charge is 0.328 e. The maximum atomic E-state index is 10.8. The van der Waals surface area contributed by atoms with Crippen LogP contribution in [0.1, 0.15) is 5.56 Å². The Hall–Kier alpha value is -4.53. The minimum atomic E-state index is -0.999. The molecule has 0 aliphatic carbocycles. The first-order chi connectivity index (χ1) is 16.0. The van der Waals surface area contributed by atoms with E-state index in [4.69, 9.17) is 24.3 Å². The van der Waals surface area contributed by atoms with E-state index in [0.717, 1.165) is 22.8 Å². The standard InChI is InChI=1S/C24H22N4O5/c1-31-19-12-17(13-20(32-2)23(19)33-3)26-21-9-10-28-24(27-21)18(14-25-28)16-6-4-5-15(11-16)7-8-22(29)30/h4-14H,1-3H3,(H,26,27)(H,29,30). The number of hydrogen-bond donors (Lipinski definition) is 2. The highest BCUT2D eigenvalue weighted by molar-refractivity contribution is 5.86. The van der Waals surface area contributed by atoms with Crippen LogP contribution in [0.2, 0.25) is 0 Å². The van der Waals surface area contributed by atoms with Crippen molar-refractivity contribution >= 4 is 29.2 Å². The molecule has 4 rings (SSSR count). The van der Waals surface area contributed by atoms with Crippen LogP contribution in [-0.4, -0.2) is 47.0 Å². The van der Waals surface area contributed by atoms with Crippen LogP contribution in [-0.2, 0) is 4.79 Å². The number of fused-ring (bicyclic) bond motifs is 1. The van der Waals surface area contributed by atoms with Gasteiger partial charge < -0.3 is 24.6 Å². The highest BCUT2D eigenvalue weighted by Gasteiger charge is 2.14. The van der Waals surface area contributed by atoms with E-state index in [1.807, 2.05) is 24.3 Å². The fraction of sp³-hybridized carbons (Fsp3) is 0.125. The van der Waals surface area contributed by atoms with Crippen LogP contribution in [0.4, 0.5) is 11.5 Å². The number of carboxylic acid groups (broad SMARTS) is 1. The first-order valence-electron chi connectivity index (χ1n) is 9.95. The maximum absolute atomic E-state index is 10.8. The summed E-state index contributed by atoms with van der Waals surface area (Å²) in [6.07, 6.45) is 6.18. The van der Waals surface area contributed by atoms with Crippen LogP contribution >= 0.6 is 0 Å². The summed E-state index contributed by atoms with van der Waals surface area (Å²) in [5, 5.41) is 16.5. The summed E-state index contributed by atoms with van der Waals surface area (Å²) in [5.74, 6) is 1.15. The van der Waals surface area contributed by atoms with Gasteiger partial charge in [-0.1, -0.05) is 18.2 Å². The molecule has 0 atom stereocenters. The molecule has 2 aromatic carbocycles. The van der Waals surface area contributed by atoms with Gasteiger partial charge in [0.15, 0.2) is 17.1 Å². The summed E-state index contributed by atoms with van der Waals surface area (Å²) in [4.78, 5) is 15.6. The third-order valence-electron chi connectivity index (χ3n) is 4.92. The van der Waals surface area contributed by atoms with E-state index >= 15 is 0 Å². The topological polar surface area (TPSA) is 107 Å².